The van der Waals surface area contributed by atoms with Crippen LogP contribution in [-0.4, -0.2) is 41.3 Å². The molecular weight excluding hydrogens is 240 g/mol. The Morgan fingerprint density at radius 3 is 1.82 bits per heavy atom. The summed E-state index contributed by atoms with van der Waals surface area (Å²) in [7, 11) is 0. The monoisotopic (exact) mass is 260 g/mol. The molecule has 0 bridgehead atoms. The largest absolute Gasteiger partial charge is 0.393 e. The fourth-order valence-corrected chi connectivity index (χ4v) is 1.32. The van der Waals surface area contributed by atoms with Crippen LogP contribution in [-0.2, 0) is 9.59 Å². The molecule has 0 aromatic heterocycles. The van der Waals surface area contributed by atoms with E-state index in [0.717, 1.165) is 0 Å². The summed E-state index contributed by atoms with van der Waals surface area (Å²) in [6.07, 6.45) is 0.628. The molecular formula is C10H20N4O2S. The highest BCUT2D eigenvalue weighted by Gasteiger charge is 2.23. The van der Waals surface area contributed by atoms with Crippen molar-refractivity contribution in [2.24, 2.45) is 22.6 Å². The molecule has 0 unspecified atom stereocenters. The van der Waals surface area contributed by atoms with Crippen LogP contribution in [0.3, 0.4) is 0 Å². The van der Waals surface area contributed by atoms with Crippen LogP contribution < -0.4 is 17.2 Å². The van der Waals surface area contributed by atoms with E-state index in [1.807, 2.05) is 13.8 Å². The molecule has 0 atom stereocenters. The van der Waals surface area contributed by atoms with E-state index in [-0.39, 0.29) is 18.5 Å². The topological polar surface area (TPSA) is 115 Å². The highest BCUT2D eigenvalue weighted by molar-refractivity contribution is 7.80. The van der Waals surface area contributed by atoms with Gasteiger partial charge in [-0.15, -0.1) is 0 Å². The lowest BCUT2D eigenvalue weighted by Gasteiger charge is -2.27. The van der Waals surface area contributed by atoms with Crippen LogP contribution in [0.1, 0.15) is 20.3 Å². The van der Waals surface area contributed by atoms with E-state index in [1.54, 1.807) is 4.90 Å². The normalized spacial score (nSPS) is 11.5. The summed E-state index contributed by atoms with van der Waals surface area (Å²) in [6.45, 7) is 4.28. The van der Waals surface area contributed by atoms with Gasteiger partial charge in [0.2, 0.25) is 11.8 Å². The zero-order valence-corrected chi connectivity index (χ0v) is 11.0. The smallest absolute Gasteiger partial charge is 0.231 e. The Hall–Kier alpha value is -1.21. The molecule has 6 N–H and O–H groups in total. The summed E-state index contributed by atoms with van der Waals surface area (Å²) in [4.78, 5) is 23.6. The highest BCUT2D eigenvalue weighted by atomic mass is 32.1. The van der Waals surface area contributed by atoms with Gasteiger partial charge in [0.1, 0.15) is 0 Å². The number of nitrogens with zero attached hydrogens (tertiary/aromatic N) is 1. The van der Waals surface area contributed by atoms with Crippen molar-refractivity contribution in [1.29, 1.82) is 0 Å². The second-order valence-corrected chi connectivity index (χ2v) is 5.08. The van der Waals surface area contributed by atoms with Gasteiger partial charge in [0.05, 0.1) is 18.1 Å². The summed E-state index contributed by atoms with van der Waals surface area (Å²) in [5, 5.41) is 0. The summed E-state index contributed by atoms with van der Waals surface area (Å²) >= 11 is 4.94. The van der Waals surface area contributed by atoms with Crippen LogP contribution in [0.4, 0.5) is 0 Å². The third kappa shape index (κ3) is 6.85. The van der Waals surface area contributed by atoms with E-state index >= 15 is 0 Å². The van der Waals surface area contributed by atoms with Crippen LogP contribution >= 0.6 is 12.2 Å². The molecule has 0 aromatic rings. The number of rotatable bonds is 8. The lowest BCUT2D eigenvalue weighted by molar-refractivity contribution is -0.122. The second kappa shape index (κ2) is 6.51. The Morgan fingerprint density at radius 2 is 1.53 bits per heavy atom. The van der Waals surface area contributed by atoms with Gasteiger partial charge >= 0.3 is 0 Å². The zero-order valence-electron chi connectivity index (χ0n) is 10.2. The molecule has 98 valence electrons. The first kappa shape index (κ1) is 15.8. The van der Waals surface area contributed by atoms with Crippen molar-refractivity contribution in [3.63, 3.8) is 0 Å². The Bertz CT molecular complexity index is 301. The molecule has 0 aliphatic heterocycles. The van der Waals surface area contributed by atoms with Gasteiger partial charge in [0, 0.05) is 12.0 Å². The molecule has 17 heavy (non-hydrogen) atoms. The molecule has 7 heteroatoms. The van der Waals surface area contributed by atoms with Crippen LogP contribution in [0.5, 0.6) is 0 Å². The first-order valence-electron chi connectivity index (χ1n) is 5.24. The quantitative estimate of drug-likeness (QED) is 0.482. The molecule has 0 aromatic carbocycles. The number of thiocarbonyl (C=S) groups is 1. The van der Waals surface area contributed by atoms with Crippen molar-refractivity contribution in [2.45, 2.75) is 20.3 Å². The van der Waals surface area contributed by atoms with Crippen LogP contribution in [0.25, 0.3) is 0 Å². The van der Waals surface area contributed by atoms with E-state index < -0.39 is 11.8 Å². The molecule has 6 nitrogen and oxygen atoms in total. The molecule has 0 aliphatic rings. The molecule has 0 spiro atoms. The van der Waals surface area contributed by atoms with Crippen molar-refractivity contribution >= 4 is 29.0 Å². The first-order chi connectivity index (χ1) is 7.65. The Labute approximate surface area is 106 Å². The van der Waals surface area contributed by atoms with Crippen molar-refractivity contribution in [3.8, 4) is 0 Å². The number of amides is 2. The zero-order chi connectivity index (χ0) is 13.6. The van der Waals surface area contributed by atoms with Crippen molar-refractivity contribution in [1.82, 2.24) is 4.90 Å². The lowest BCUT2D eigenvalue weighted by atomic mass is 9.89. The molecule has 0 radical (unpaired) electrons. The molecule has 0 saturated carbocycles. The number of carbonyl (C=O) groups excluding carboxylic acids is 2. The predicted octanol–water partition coefficient (Wildman–Crippen LogP) is -1.04. The number of nitrogens with two attached hydrogens (primary N) is 3. The molecule has 0 aliphatic carbocycles. The van der Waals surface area contributed by atoms with Gasteiger partial charge in [-0.25, -0.2) is 0 Å². The summed E-state index contributed by atoms with van der Waals surface area (Å²) < 4.78 is 0. The minimum atomic E-state index is -0.501. The van der Waals surface area contributed by atoms with Crippen molar-refractivity contribution < 1.29 is 9.59 Å². The second-order valence-electron chi connectivity index (χ2n) is 4.64. The molecule has 0 rings (SSSR count). The number of carbonyl (C=O) groups is 2. The third-order valence-corrected chi connectivity index (χ3v) is 3.03. The molecule has 0 saturated heterocycles. The third-order valence-electron chi connectivity index (χ3n) is 2.48. The summed E-state index contributed by atoms with van der Waals surface area (Å²) in [5.41, 5.74) is 15.4. The maximum atomic E-state index is 10.8. The number of primary amides is 2. The minimum absolute atomic E-state index is 0.00362. The Kier molecular flexibility index (Phi) is 6.04. The van der Waals surface area contributed by atoms with Gasteiger partial charge in [-0.05, 0) is 6.42 Å². The predicted molar refractivity (Wildman–Crippen MR) is 70.0 cm³/mol. The highest BCUT2D eigenvalue weighted by Crippen LogP contribution is 2.20. The average molecular weight is 260 g/mol. The van der Waals surface area contributed by atoms with Crippen LogP contribution in [0.15, 0.2) is 0 Å². The number of hydrogen-bond donors (Lipinski definition) is 3. The van der Waals surface area contributed by atoms with Crippen molar-refractivity contribution in [3.05, 3.63) is 0 Å². The van der Waals surface area contributed by atoms with E-state index in [4.69, 9.17) is 29.4 Å². The summed E-state index contributed by atoms with van der Waals surface area (Å²) in [6, 6.07) is 0. The van der Waals surface area contributed by atoms with E-state index in [1.165, 1.54) is 0 Å². The lowest BCUT2D eigenvalue weighted by Crippen LogP contribution is -2.42. The maximum absolute atomic E-state index is 10.8. The van der Waals surface area contributed by atoms with E-state index in [9.17, 15) is 9.59 Å². The van der Waals surface area contributed by atoms with Crippen LogP contribution in [0.2, 0.25) is 0 Å². The number of hydrogen-bond acceptors (Lipinski definition) is 4. The van der Waals surface area contributed by atoms with Gasteiger partial charge in [-0.3, -0.25) is 14.5 Å². The van der Waals surface area contributed by atoms with E-state index in [0.29, 0.717) is 18.0 Å². The summed E-state index contributed by atoms with van der Waals surface area (Å²) in [5.74, 6) is -1.00. The fraction of sp³-hybridized carbons (Fsp3) is 0.700. The molecule has 2 amide bonds. The first-order valence-corrected chi connectivity index (χ1v) is 5.65. The SMILES string of the molecule is CC(C)(CCN(CC(N)=O)CC(N)=O)C(N)=S. The Morgan fingerprint density at radius 1 is 1.12 bits per heavy atom. The fourth-order valence-electron chi connectivity index (χ4n) is 1.22. The van der Waals surface area contributed by atoms with Gasteiger partial charge < -0.3 is 17.2 Å². The molecule has 0 heterocycles. The van der Waals surface area contributed by atoms with Crippen molar-refractivity contribution in [2.75, 3.05) is 19.6 Å². The van der Waals surface area contributed by atoms with E-state index in [2.05, 4.69) is 0 Å². The van der Waals surface area contributed by atoms with Gasteiger partial charge in [-0.2, -0.15) is 0 Å². The average Bonchev–Trinajstić information content (AvgIpc) is 2.12. The van der Waals surface area contributed by atoms with Gasteiger partial charge in [0.15, 0.2) is 0 Å². The Balaban J connectivity index is 4.39. The minimum Gasteiger partial charge on any atom is -0.393 e. The maximum Gasteiger partial charge on any atom is 0.231 e. The standard InChI is InChI=1S/C10H20N4O2S/c1-10(2,9(13)17)3-4-14(5-7(11)15)6-8(12)16/h3-6H2,1-2H3,(H2,11,15)(H2,12,16)(H2,13,17). The molecule has 0 fully saturated rings. The van der Waals surface area contributed by atoms with Crippen LogP contribution in [0, 0.1) is 5.41 Å². The van der Waals surface area contributed by atoms with Gasteiger partial charge in [-0.1, -0.05) is 26.1 Å². The van der Waals surface area contributed by atoms with Gasteiger partial charge in [0.25, 0.3) is 0 Å².